The van der Waals surface area contributed by atoms with Crippen LogP contribution < -0.4 is 5.73 Å². The molecule has 4 aromatic rings. The van der Waals surface area contributed by atoms with Gasteiger partial charge in [0.05, 0.1) is 11.9 Å². The molecule has 6 heteroatoms. The molecule has 2 heterocycles. The van der Waals surface area contributed by atoms with Gasteiger partial charge in [0.1, 0.15) is 0 Å². The Labute approximate surface area is 168 Å². The third kappa shape index (κ3) is 3.57. The first kappa shape index (κ1) is 18.7. The van der Waals surface area contributed by atoms with E-state index in [1.165, 1.54) is 4.52 Å². The highest BCUT2D eigenvalue weighted by Crippen LogP contribution is 2.28. The molecule has 0 bridgehead atoms. The van der Waals surface area contributed by atoms with Gasteiger partial charge in [-0.2, -0.15) is 9.61 Å². The number of benzene rings is 2. The van der Waals surface area contributed by atoms with Crippen molar-refractivity contribution < 1.29 is 9.90 Å². The van der Waals surface area contributed by atoms with E-state index in [-0.39, 0.29) is 5.88 Å². The van der Waals surface area contributed by atoms with Crippen molar-refractivity contribution in [1.29, 1.82) is 0 Å². The van der Waals surface area contributed by atoms with Crippen LogP contribution in [0.5, 0.6) is 5.88 Å². The lowest BCUT2D eigenvalue weighted by atomic mass is 9.96. The molecule has 6 nitrogen and oxygen atoms in total. The molecule has 0 radical (unpaired) electrons. The molecule has 0 aliphatic rings. The number of nitrogens with zero attached hydrogens (tertiary/aromatic N) is 3. The molecular formula is C23H22N4O2. The largest absolute Gasteiger partial charge is 0.493 e. The lowest BCUT2D eigenvalue weighted by Crippen LogP contribution is -2.12. The third-order valence-corrected chi connectivity index (χ3v) is 5.02. The molecule has 0 aliphatic heterocycles. The van der Waals surface area contributed by atoms with Crippen molar-refractivity contribution in [3.63, 3.8) is 0 Å². The van der Waals surface area contributed by atoms with E-state index in [9.17, 15) is 9.90 Å². The van der Waals surface area contributed by atoms with E-state index >= 15 is 0 Å². The smallest absolute Gasteiger partial charge is 0.249 e. The van der Waals surface area contributed by atoms with E-state index in [1.54, 1.807) is 24.4 Å². The van der Waals surface area contributed by atoms with Gasteiger partial charge in [-0.3, -0.25) is 4.79 Å². The van der Waals surface area contributed by atoms with Crippen molar-refractivity contribution in [1.82, 2.24) is 14.6 Å². The number of aryl methyl sites for hydroxylation is 1. The lowest BCUT2D eigenvalue weighted by Gasteiger charge is -2.13. The topological polar surface area (TPSA) is 93.5 Å². The number of carbonyl (C=O) groups excluding carboxylic acids is 1. The normalized spacial score (nSPS) is 11.1. The summed E-state index contributed by atoms with van der Waals surface area (Å²) in [7, 11) is 0. The fourth-order valence-electron chi connectivity index (χ4n) is 3.59. The summed E-state index contributed by atoms with van der Waals surface area (Å²) in [4.78, 5) is 16.4. The van der Waals surface area contributed by atoms with Gasteiger partial charge in [0, 0.05) is 23.6 Å². The minimum atomic E-state index is -0.447. The van der Waals surface area contributed by atoms with Crippen LogP contribution in [0.3, 0.4) is 0 Å². The van der Waals surface area contributed by atoms with Gasteiger partial charge in [0.25, 0.3) is 0 Å². The van der Waals surface area contributed by atoms with Gasteiger partial charge in [0.2, 0.25) is 11.8 Å². The number of carbonyl (C=O) groups is 1. The van der Waals surface area contributed by atoms with Crippen LogP contribution >= 0.6 is 0 Å². The molecule has 0 fully saturated rings. The fraction of sp³-hybridized carbons (Fsp3) is 0.174. The molecule has 0 unspecified atom stereocenters. The Morgan fingerprint density at radius 1 is 1.10 bits per heavy atom. The lowest BCUT2D eigenvalue weighted by molar-refractivity contribution is 0.100. The first-order valence-electron chi connectivity index (χ1n) is 9.61. The van der Waals surface area contributed by atoms with Gasteiger partial charge >= 0.3 is 0 Å². The zero-order valence-electron chi connectivity index (χ0n) is 16.2. The number of rotatable bonds is 6. The molecular weight excluding hydrogens is 364 g/mol. The highest BCUT2D eigenvalue weighted by molar-refractivity contribution is 5.99. The second kappa shape index (κ2) is 7.75. The maximum absolute atomic E-state index is 11.7. The predicted octanol–water partition coefficient (Wildman–Crippen LogP) is 3.74. The molecule has 0 atom stereocenters. The average Bonchev–Trinajstić information content (AvgIpc) is 3.20. The highest BCUT2D eigenvalue weighted by Gasteiger charge is 2.16. The summed E-state index contributed by atoms with van der Waals surface area (Å²) >= 11 is 0. The number of hydrogen-bond donors (Lipinski definition) is 2. The van der Waals surface area contributed by atoms with Crippen LogP contribution in [-0.4, -0.2) is 25.6 Å². The first-order chi connectivity index (χ1) is 14.1. The van der Waals surface area contributed by atoms with Crippen molar-refractivity contribution in [3.8, 4) is 17.0 Å². The van der Waals surface area contributed by atoms with Gasteiger partial charge in [-0.1, -0.05) is 55.8 Å². The van der Waals surface area contributed by atoms with Crippen LogP contribution in [0.25, 0.3) is 16.8 Å². The average molecular weight is 386 g/mol. The van der Waals surface area contributed by atoms with Gasteiger partial charge in [-0.15, -0.1) is 0 Å². The highest BCUT2D eigenvalue weighted by atomic mass is 16.3. The summed E-state index contributed by atoms with van der Waals surface area (Å²) in [6.07, 6.45) is 3.90. The van der Waals surface area contributed by atoms with Gasteiger partial charge in [-0.05, 0) is 29.2 Å². The Kier molecular flexibility index (Phi) is 4.99. The Morgan fingerprint density at radius 3 is 2.59 bits per heavy atom. The minimum absolute atomic E-state index is 0.131. The van der Waals surface area contributed by atoms with E-state index < -0.39 is 5.91 Å². The molecule has 3 N–H and O–H groups in total. The number of hydrogen-bond acceptors (Lipinski definition) is 4. The van der Waals surface area contributed by atoms with Gasteiger partial charge in [-0.25, -0.2) is 4.98 Å². The quantitative estimate of drug-likeness (QED) is 0.528. The monoisotopic (exact) mass is 386 g/mol. The maximum atomic E-state index is 11.7. The maximum Gasteiger partial charge on any atom is 0.249 e. The Bertz CT molecular complexity index is 1180. The van der Waals surface area contributed by atoms with Gasteiger partial charge in [0.15, 0.2) is 5.65 Å². The number of fused-ring (bicyclic) bond motifs is 1. The van der Waals surface area contributed by atoms with Crippen molar-refractivity contribution in [2.75, 3.05) is 0 Å². The number of nitrogens with two attached hydrogens (primary N) is 1. The summed E-state index contributed by atoms with van der Waals surface area (Å²) in [5, 5.41) is 14.9. The standard InChI is InChI=1S/C23H22N4O2/c1-2-5-20-19(23(29)27-21(26-20)12-13-25-27)14-15-8-10-16(11-9-15)17-6-3-4-7-18(17)22(24)28/h3-4,6-13,29H,2,5,14H2,1H3,(H2,24,28). The van der Waals surface area contributed by atoms with Crippen LogP contribution in [0.2, 0.25) is 0 Å². The van der Waals surface area contributed by atoms with Crippen LogP contribution in [0, 0.1) is 0 Å². The van der Waals surface area contributed by atoms with Crippen LogP contribution in [-0.2, 0) is 12.8 Å². The number of primary amides is 1. The molecule has 0 saturated heterocycles. The van der Waals surface area contributed by atoms with Crippen LogP contribution in [0.4, 0.5) is 0 Å². The SMILES string of the molecule is CCCc1nc2ccnn2c(O)c1Cc1ccc(-c2ccccc2C(N)=O)cc1. The van der Waals surface area contributed by atoms with E-state index in [0.717, 1.165) is 40.8 Å². The fourth-order valence-corrected chi connectivity index (χ4v) is 3.59. The van der Waals surface area contributed by atoms with Crippen molar-refractivity contribution in [2.24, 2.45) is 5.73 Å². The number of aromatic nitrogens is 3. The minimum Gasteiger partial charge on any atom is -0.493 e. The molecule has 4 rings (SSSR count). The Morgan fingerprint density at radius 2 is 1.86 bits per heavy atom. The van der Waals surface area contributed by atoms with E-state index in [2.05, 4.69) is 17.0 Å². The second-order valence-corrected chi connectivity index (χ2v) is 7.00. The summed E-state index contributed by atoms with van der Waals surface area (Å²) in [6.45, 7) is 2.09. The molecule has 2 aromatic carbocycles. The van der Waals surface area contributed by atoms with E-state index in [1.807, 2.05) is 36.4 Å². The van der Waals surface area contributed by atoms with Crippen molar-refractivity contribution >= 4 is 11.6 Å². The predicted molar refractivity (Wildman–Crippen MR) is 112 cm³/mol. The molecule has 2 aromatic heterocycles. The molecule has 1 amide bonds. The zero-order chi connectivity index (χ0) is 20.4. The van der Waals surface area contributed by atoms with Gasteiger partial charge < -0.3 is 10.8 Å². The number of amides is 1. The summed E-state index contributed by atoms with van der Waals surface area (Å²) in [6, 6.07) is 17.0. The van der Waals surface area contributed by atoms with Crippen LogP contribution in [0.1, 0.15) is 40.5 Å². The summed E-state index contributed by atoms with van der Waals surface area (Å²) in [5.41, 5.74) is 11.1. The van der Waals surface area contributed by atoms with Crippen molar-refractivity contribution in [3.05, 3.63) is 83.2 Å². The Balaban J connectivity index is 1.69. The first-order valence-corrected chi connectivity index (χ1v) is 9.61. The molecule has 0 spiro atoms. The number of aromatic hydroxyl groups is 1. The zero-order valence-corrected chi connectivity index (χ0v) is 16.2. The molecule has 0 aliphatic carbocycles. The third-order valence-electron chi connectivity index (χ3n) is 5.02. The molecule has 29 heavy (non-hydrogen) atoms. The second-order valence-electron chi connectivity index (χ2n) is 7.00. The molecule has 146 valence electrons. The van der Waals surface area contributed by atoms with Crippen molar-refractivity contribution in [2.45, 2.75) is 26.2 Å². The van der Waals surface area contributed by atoms with E-state index in [4.69, 9.17) is 5.73 Å². The summed E-state index contributed by atoms with van der Waals surface area (Å²) < 4.78 is 1.46. The van der Waals surface area contributed by atoms with Crippen LogP contribution in [0.15, 0.2) is 60.8 Å². The Hall–Kier alpha value is -3.67. The molecule has 0 saturated carbocycles. The summed E-state index contributed by atoms with van der Waals surface area (Å²) in [5.74, 6) is -0.316. The van der Waals surface area contributed by atoms with E-state index in [0.29, 0.717) is 17.6 Å².